The fourth-order valence-electron chi connectivity index (χ4n) is 2.99. The Morgan fingerprint density at radius 1 is 0.634 bits per heavy atom. The van der Waals surface area contributed by atoms with E-state index in [1.165, 1.54) is 0 Å². The Bertz CT molecular complexity index is 1020. The van der Waals surface area contributed by atoms with E-state index >= 15 is 0 Å². The van der Waals surface area contributed by atoms with Crippen molar-refractivity contribution in [2.45, 2.75) is 56.3 Å². The molecule has 0 fully saturated rings. The molecule has 6 amide bonds. The smallest absolute Gasteiger partial charge is 0.326 e. The number of aliphatic hydroxyl groups is 1. The van der Waals surface area contributed by atoms with Crippen LogP contribution in [0.1, 0.15) is 32.1 Å². The molecule has 41 heavy (non-hydrogen) atoms. The van der Waals surface area contributed by atoms with E-state index in [0.717, 1.165) is 0 Å². The Morgan fingerprint density at radius 2 is 1.17 bits per heavy atom. The Morgan fingerprint density at radius 3 is 1.66 bits per heavy atom. The molecule has 0 aliphatic carbocycles. The van der Waals surface area contributed by atoms with Crippen LogP contribution in [0, 0.1) is 0 Å². The lowest BCUT2D eigenvalue weighted by molar-refractivity contribution is -0.143. The van der Waals surface area contributed by atoms with Crippen LogP contribution in [0.2, 0.25) is 0 Å². The van der Waals surface area contributed by atoms with Crippen LogP contribution < -0.4 is 38.1 Å². The number of carbonyl (C=O) groups excluding carboxylic acids is 6. The summed E-state index contributed by atoms with van der Waals surface area (Å²) in [7, 11) is 0. The number of carboxylic acids is 3. The molecule has 0 bridgehead atoms. The van der Waals surface area contributed by atoms with Crippen molar-refractivity contribution in [3.05, 3.63) is 0 Å². The summed E-state index contributed by atoms with van der Waals surface area (Å²) in [4.78, 5) is 105. The van der Waals surface area contributed by atoms with Crippen molar-refractivity contribution in [3.63, 3.8) is 0 Å². The van der Waals surface area contributed by atoms with Gasteiger partial charge in [0.2, 0.25) is 35.4 Å². The van der Waals surface area contributed by atoms with Gasteiger partial charge in [0.05, 0.1) is 26.1 Å². The van der Waals surface area contributed by atoms with Crippen molar-refractivity contribution in [1.82, 2.24) is 26.6 Å². The van der Waals surface area contributed by atoms with E-state index in [0.29, 0.717) is 0 Å². The van der Waals surface area contributed by atoms with Gasteiger partial charge in [0, 0.05) is 12.8 Å². The van der Waals surface area contributed by atoms with Crippen LogP contribution in [0.5, 0.6) is 0 Å². The molecule has 0 saturated carbocycles. The Hall–Kier alpha value is -4.85. The Labute approximate surface area is 231 Å². The zero-order valence-corrected chi connectivity index (χ0v) is 21.6. The molecule has 0 aliphatic rings. The van der Waals surface area contributed by atoms with Crippen molar-refractivity contribution < 1.29 is 63.6 Å². The lowest BCUT2D eigenvalue weighted by Gasteiger charge is -2.22. The monoisotopic (exact) mass is 591 g/mol. The number of rotatable bonds is 20. The van der Waals surface area contributed by atoms with Crippen LogP contribution >= 0.6 is 0 Å². The summed E-state index contributed by atoms with van der Waals surface area (Å²) in [5.41, 5.74) is 10.1. The summed E-state index contributed by atoms with van der Waals surface area (Å²) in [6, 6.07) is -6.54. The first kappa shape index (κ1) is 36.1. The molecule has 20 heteroatoms. The number of primary amides is 1. The zero-order chi connectivity index (χ0) is 31.7. The number of nitrogens with two attached hydrogens (primary N) is 2. The van der Waals surface area contributed by atoms with E-state index in [9.17, 15) is 53.4 Å². The summed E-state index contributed by atoms with van der Waals surface area (Å²) in [5, 5.41) is 46.8. The molecule has 20 nitrogen and oxygen atoms in total. The predicted molar refractivity (Wildman–Crippen MR) is 132 cm³/mol. The number of carbonyl (C=O) groups is 9. The van der Waals surface area contributed by atoms with Gasteiger partial charge in [0.1, 0.15) is 24.2 Å². The van der Waals surface area contributed by atoms with Gasteiger partial charge in [-0.05, 0) is 12.8 Å². The first-order valence-corrected chi connectivity index (χ1v) is 11.8. The highest BCUT2D eigenvalue weighted by molar-refractivity contribution is 5.96. The van der Waals surface area contributed by atoms with Gasteiger partial charge in [-0.3, -0.25) is 38.4 Å². The van der Waals surface area contributed by atoms with E-state index in [4.69, 9.17) is 21.7 Å². The van der Waals surface area contributed by atoms with E-state index in [1.807, 2.05) is 16.0 Å². The number of nitrogens with one attached hydrogen (secondary N) is 5. The molecule has 0 rings (SSSR count). The summed E-state index contributed by atoms with van der Waals surface area (Å²) in [5.74, 6) is -10.5. The maximum absolute atomic E-state index is 12.6. The van der Waals surface area contributed by atoms with Gasteiger partial charge < -0.3 is 58.5 Å². The molecule has 13 N–H and O–H groups in total. The second-order valence-electron chi connectivity index (χ2n) is 8.34. The average molecular weight is 592 g/mol. The minimum atomic E-state index is -1.71. The number of aliphatic hydroxyl groups excluding tert-OH is 1. The van der Waals surface area contributed by atoms with Crippen LogP contribution in [0.4, 0.5) is 0 Å². The third-order valence-electron chi connectivity index (χ3n) is 5.05. The highest BCUT2D eigenvalue weighted by Crippen LogP contribution is 2.03. The highest BCUT2D eigenvalue weighted by atomic mass is 16.4. The quantitative estimate of drug-likeness (QED) is 0.0627. The maximum Gasteiger partial charge on any atom is 0.326 e. The first-order valence-electron chi connectivity index (χ1n) is 11.8. The second kappa shape index (κ2) is 18.4. The molecule has 4 atom stereocenters. The summed E-state index contributed by atoms with van der Waals surface area (Å²) >= 11 is 0. The van der Waals surface area contributed by atoms with Crippen molar-refractivity contribution in [2.75, 3.05) is 19.7 Å². The van der Waals surface area contributed by atoms with Crippen LogP contribution in [0.15, 0.2) is 0 Å². The largest absolute Gasteiger partial charge is 0.481 e. The Balaban J connectivity index is 5.30. The molecule has 0 aromatic rings. The van der Waals surface area contributed by atoms with Gasteiger partial charge in [-0.1, -0.05) is 0 Å². The molecule has 0 aromatic carbocycles. The average Bonchev–Trinajstić information content (AvgIpc) is 2.88. The van der Waals surface area contributed by atoms with Crippen LogP contribution in [0.25, 0.3) is 0 Å². The minimum Gasteiger partial charge on any atom is -0.481 e. The van der Waals surface area contributed by atoms with Crippen molar-refractivity contribution in [2.24, 2.45) is 11.5 Å². The molecule has 0 spiro atoms. The summed E-state index contributed by atoms with van der Waals surface area (Å²) < 4.78 is 0. The lowest BCUT2D eigenvalue weighted by Crippen LogP contribution is -2.57. The highest BCUT2D eigenvalue weighted by Gasteiger charge is 2.30. The predicted octanol–water partition coefficient (Wildman–Crippen LogP) is -6.32. The fourth-order valence-corrected chi connectivity index (χ4v) is 2.99. The second-order valence-corrected chi connectivity index (χ2v) is 8.34. The normalized spacial score (nSPS) is 13.3. The maximum atomic E-state index is 12.6. The molecule has 0 saturated heterocycles. The van der Waals surface area contributed by atoms with Gasteiger partial charge in [-0.2, -0.15) is 0 Å². The van der Waals surface area contributed by atoms with Gasteiger partial charge >= 0.3 is 17.9 Å². The first-order chi connectivity index (χ1) is 19.1. The molecule has 0 aliphatic heterocycles. The lowest BCUT2D eigenvalue weighted by atomic mass is 10.1. The molecular weight excluding hydrogens is 558 g/mol. The van der Waals surface area contributed by atoms with Gasteiger partial charge in [0.15, 0.2) is 0 Å². The van der Waals surface area contributed by atoms with Crippen molar-refractivity contribution >= 4 is 53.4 Å². The molecular formula is C21H33N7O13. The van der Waals surface area contributed by atoms with Crippen molar-refractivity contribution in [3.8, 4) is 0 Å². The van der Waals surface area contributed by atoms with E-state index < -0.39 is 123 Å². The SMILES string of the molecule is NCC(=O)N[C@@H](CC(=O)O)C(=O)N[C@@H](CO)C(=O)NCC(=O)N[C@@H](CCC(=O)O)C(=O)N[C@@H](CCC(N)=O)C(=O)O. The standard InChI is InChI=1S/C21H33N7O13/c22-6-14(31)26-11(5-17(35)36)20(39)28-12(8-29)18(37)24-7-15(32)25-9(2-4-16(33)34)19(38)27-10(21(40)41)1-3-13(23)30/h9-12,29H,1-8,22H2,(H2,23,30)(H,24,37)(H,25,32)(H,26,31)(H,27,38)(H,28,39)(H,33,34)(H,35,36)(H,40,41)/t9-,10-,11-,12-/m0/s1. The molecule has 0 aromatic heterocycles. The van der Waals surface area contributed by atoms with Crippen LogP contribution in [-0.4, -0.2) is 118 Å². The molecule has 0 unspecified atom stereocenters. The van der Waals surface area contributed by atoms with E-state index in [2.05, 4.69) is 10.6 Å². The van der Waals surface area contributed by atoms with Crippen LogP contribution in [0.3, 0.4) is 0 Å². The minimum absolute atomic E-state index is 0.385. The van der Waals surface area contributed by atoms with Gasteiger partial charge in [-0.15, -0.1) is 0 Å². The third-order valence-corrected chi connectivity index (χ3v) is 5.05. The number of carboxylic acid groups (broad SMARTS) is 3. The molecule has 0 heterocycles. The number of amides is 6. The van der Waals surface area contributed by atoms with E-state index in [-0.39, 0.29) is 6.42 Å². The fraction of sp³-hybridized carbons (Fsp3) is 0.571. The zero-order valence-electron chi connectivity index (χ0n) is 21.6. The topological polar surface area (TPSA) is 347 Å². The third kappa shape index (κ3) is 15.4. The number of aliphatic carboxylic acids is 3. The Kier molecular flexibility index (Phi) is 16.3. The summed E-state index contributed by atoms with van der Waals surface area (Å²) in [6.45, 7) is -2.46. The van der Waals surface area contributed by atoms with E-state index in [1.54, 1.807) is 0 Å². The molecule has 0 radical (unpaired) electrons. The van der Waals surface area contributed by atoms with Crippen molar-refractivity contribution in [1.29, 1.82) is 0 Å². The number of hydrogen-bond donors (Lipinski definition) is 11. The van der Waals surface area contributed by atoms with Crippen LogP contribution in [-0.2, 0) is 43.2 Å². The van der Waals surface area contributed by atoms with Gasteiger partial charge in [0.25, 0.3) is 0 Å². The van der Waals surface area contributed by atoms with Gasteiger partial charge in [-0.25, -0.2) is 4.79 Å². The number of hydrogen-bond acceptors (Lipinski definition) is 11. The molecule has 230 valence electrons. The summed E-state index contributed by atoms with van der Waals surface area (Å²) in [6.07, 6.45) is -2.78.